The molecule has 2 heterocycles. The number of aromatic nitrogens is 1. The molecule has 134 valence electrons. The molecule has 25 heavy (non-hydrogen) atoms. The van der Waals surface area contributed by atoms with E-state index in [0.29, 0.717) is 32.0 Å². The molecule has 1 aromatic carbocycles. The fourth-order valence-corrected chi connectivity index (χ4v) is 3.17. The molecular weight excluding hydrogens is 343 g/mol. The number of nitrogens with zero attached hydrogens (tertiary/aromatic N) is 3. The fraction of sp³-hybridized carbons (Fsp3) is 0.412. The summed E-state index contributed by atoms with van der Waals surface area (Å²) >= 11 is 1.60. The largest absolute Gasteiger partial charge is 0.492 e. The summed E-state index contributed by atoms with van der Waals surface area (Å²) in [6.45, 7) is 4.69. The van der Waals surface area contributed by atoms with Gasteiger partial charge in [0, 0.05) is 38.1 Å². The van der Waals surface area contributed by atoms with Crippen LogP contribution >= 0.6 is 11.3 Å². The average molecular weight is 364 g/mol. The molecule has 2 aromatic rings. The number of nitrogens with one attached hydrogen (secondary N) is 1. The predicted octanol–water partition coefficient (Wildman–Crippen LogP) is 2.19. The van der Waals surface area contributed by atoms with Crippen LogP contribution in [-0.4, -0.2) is 60.1 Å². The Bertz CT molecular complexity index is 658. The van der Waals surface area contributed by atoms with Gasteiger partial charge in [-0.2, -0.15) is 0 Å². The summed E-state index contributed by atoms with van der Waals surface area (Å²) in [4.78, 5) is 20.6. The van der Waals surface area contributed by atoms with Crippen molar-refractivity contribution >= 4 is 17.4 Å². The Morgan fingerprint density at radius 3 is 2.68 bits per heavy atom. The van der Waals surface area contributed by atoms with Crippen molar-refractivity contribution in [3.63, 3.8) is 0 Å². The number of carbonyl (C=O) groups is 1. The Kier molecular flexibility index (Phi) is 6.19. The van der Waals surface area contributed by atoms with Gasteiger partial charge in [0.25, 0.3) is 0 Å². The molecular formula is C17H21FN4O2S. The molecule has 0 atom stereocenters. The van der Waals surface area contributed by atoms with Crippen LogP contribution in [-0.2, 0) is 6.54 Å². The van der Waals surface area contributed by atoms with Gasteiger partial charge in [-0.05, 0) is 24.3 Å². The van der Waals surface area contributed by atoms with Gasteiger partial charge in [0.05, 0.1) is 17.7 Å². The van der Waals surface area contributed by atoms with E-state index in [-0.39, 0.29) is 11.8 Å². The Morgan fingerprint density at radius 2 is 2.00 bits per heavy atom. The van der Waals surface area contributed by atoms with Crippen molar-refractivity contribution in [2.24, 2.45) is 0 Å². The molecule has 1 N–H and O–H groups in total. The molecule has 8 heteroatoms. The summed E-state index contributed by atoms with van der Waals surface area (Å²) in [6.07, 6.45) is 0. The quantitative estimate of drug-likeness (QED) is 0.799. The van der Waals surface area contributed by atoms with Gasteiger partial charge in [-0.15, -0.1) is 11.3 Å². The fourth-order valence-electron chi connectivity index (χ4n) is 2.62. The third kappa shape index (κ3) is 5.40. The van der Waals surface area contributed by atoms with Crippen LogP contribution in [0.25, 0.3) is 0 Å². The number of hydrogen-bond donors (Lipinski definition) is 1. The second kappa shape index (κ2) is 8.77. The van der Waals surface area contributed by atoms with Crippen LogP contribution in [0.1, 0.15) is 5.69 Å². The summed E-state index contributed by atoms with van der Waals surface area (Å²) in [5, 5.41) is 4.91. The maximum atomic E-state index is 12.8. The molecule has 3 rings (SSSR count). The van der Waals surface area contributed by atoms with Gasteiger partial charge in [0.15, 0.2) is 0 Å². The Morgan fingerprint density at radius 1 is 1.24 bits per heavy atom. The van der Waals surface area contributed by atoms with Crippen LogP contribution in [0.5, 0.6) is 5.75 Å². The van der Waals surface area contributed by atoms with E-state index in [4.69, 9.17) is 4.74 Å². The lowest BCUT2D eigenvalue weighted by Crippen LogP contribution is -2.51. The van der Waals surface area contributed by atoms with E-state index in [0.717, 1.165) is 25.3 Å². The zero-order chi connectivity index (χ0) is 17.5. The number of piperazine rings is 1. The minimum absolute atomic E-state index is 0.0731. The van der Waals surface area contributed by atoms with Gasteiger partial charge < -0.3 is 15.0 Å². The zero-order valence-electron chi connectivity index (χ0n) is 13.9. The van der Waals surface area contributed by atoms with Crippen molar-refractivity contribution in [2.45, 2.75) is 6.54 Å². The molecule has 0 bridgehead atoms. The van der Waals surface area contributed by atoms with Crippen LogP contribution in [0.3, 0.4) is 0 Å². The average Bonchev–Trinajstić information content (AvgIpc) is 3.14. The van der Waals surface area contributed by atoms with Crippen LogP contribution in [0.15, 0.2) is 35.2 Å². The van der Waals surface area contributed by atoms with Crippen molar-refractivity contribution in [1.29, 1.82) is 0 Å². The molecule has 1 aromatic heterocycles. The first kappa shape index (κ1) is 17.6. The number of amides is 2. The van der Waals surface area contributed by atoms with E-state index >= 15 is 0 Å². The number of ether oxygens (including phenoxy) is 1. The second-order valence-electron chi connectivity index (χ2n) is 5.78. The topological polar surface area (TPSA) is 57.7 Å². The lowest BCUT2D eigenvalue weighted by molar-refractivity contribution is 0.133. The summed E-state index contributed by atoms with van der Waals surface area (Å²) in [7, 11) is 0. The molecule has 1 aliphatic heterocycles. The number of hydrogen-bond acceptors (Lipinski definition) is 5. The number of urea groups is 1. The lowest BCUT2D eigenvalue weighted by Gasteiger charge is -2.34. The molecule has 0 aliphatic carbocycles. The SMILES string of the molecule is O=C(NCCOc1ccc(F)cc1)N1CCN(Cc2cscn2)CC1. The number of halogens is 1. The number of carbonyl (C=O) groups excluding carboxylic acids is 1. The van der Waals surface area contributed by atoms with Gasteiger partial charge >= 0.3 is 6.03 Å². The normalized spacial score (nSPS) is 15.2. The lowest BCUT2D eigenvalue weighted by atomic mass is 10.3. The first-order valence-corrected chi connectivity index (χ1v) is 9.15. The minimum atomic E-state index is -0.297. The van der Waals surface area contributed by atoms with Crippen molar-refractivity contribution in [3.05, 3.63) is 46.7 Å². The van der Waals surface area contributed by atoms with E-state index in [2.05, 4.69) is 20.6 Å². The smallest absolute Gasteiger partial charge is 0.317 e. The molecule has 0 spiro atoms. The standard InChI is InChI=1S/C17H21FN4O2S/c18-14-1-3-16(4-2-14)24-10-5-19-17(23)22-8-6-21(7-9-22)11-15-12-25-13-20-15/h1-4,12-13H,5-11H2,(H,19,23). The zero-order valence-corrected chi connectivity index (χ0v) is 14.7. The summed E-state index contributed by atoms with van der Waals surface area (Å²) in [5.74, 6) is 0.292. The first-order valence-electron chi connectivity index (χ1n) is 8.21. The predicted molar refractivity (Wildman–Crippen MR) is 94.3 cm³/mol. The number of thiazole rings is 1. The van der Waals surface area contributed by atoms with Crippen molar-refractivity contribution < 1.29 is 13.9 Å². The maximum Gasteiger partial charge on any atom is 0.317 e. The van der Waals surface area contributed by atoms with Crippen LogP contribution < -0.4 is 10.1 Å². The Hall–Kier alpha value is -2.19. The molecule has 0 unspecified atom stereocenters. The molecule has 0 radical (unpaired) electrons. The van der Waals surface area contributed by atoms with Gasteiger partial charge in [0.1, 0.15) is 18.2 Å². The molecule has 2 amide bonds. The molecule has 6 nitrogen and oxygen atoms in total. The molecule has 1 fully saturated rings. The van der Waals surface area contributed by atoms with E-state index < -0.39 is 0 Å². The second-order valence-corrected chi connectivity index (χ2v) is 6.50. The van der Waals surface area contributed by atoms with Gasteiger partial charge in [-0.1, -0.05) is 0 Å². The Balaban J connectivity index is 1.32. The summed E-state index contributed by atoms with van der Waals surface area (Å²) < 4.78 is 18.3. The first-order chi connectivity index (χ1) is 12.2. The van der Waals surface area contributed by atoms with Gasteiger partial charge in [-0.25, -0.2) is 14.2 Å². The highest BCUT2D eigenvalue weighted by Gasteiger charge is 2.21. The summed E-state index contributed by atoms with van der Waals surface area (Å²) in [6, 6.07) is 5.76. The number of rotatable bonds is 6. The Labute approximate surface area is 150 Å². The molecule has 1 aliphatic rings. The maximum absolute atomic E-state index is 12.8. The van der Waals surface area contributed by atoms with E-state index in [9.17, 15) is 9.18 Å². The van der Waals surface area contributed by atoms with Crippen molar-refractivity contribution in [3.8, 4) is 5.75 Å². The van der Waals surface area contributed by atoms with E-state index in [1.165, 1.54) is 12.1 Å². The van der Waals surface area contributed by atoms with Crippen LogP contribution in [0.4, 0.5) is 9.18 Å². The third-order valence-corrected chi connectivity index (χ3v) is 4.62. The minimum Gasteiger partial charge on any atom is -0.492 e. The highest BCUT2D eigenvalue weighted by molar-refractivity contribution is 7.07. The monoisotopic (exact) mass is 364 g/mol. The molecule has 1 saturated heterocycles. The highest BCUT2D eigenvalue weighted by atomic mass is 32.1. The molecule has 0 saturated carbocycles. The van der Waals surface area contributed by atoms with Gasteiger partial charge in [0.2, 0.25) is 0 Å². The van der Waals surface area contributed by atoms with Gasteiger partial charge in [-0.3, -0.25) is 4.90 Å². The number of benzene rings is 1. The van der Waals surface area contributed by atoms with E-state index in [1.807, 2.05) is 10.4 Å². The summed E-state index contributed by atoms with van der Waals surface area (Å²) in [5.41, 5.74) is 2.92. The van der Waals surface area contributed by atoms with Crippen LogP contribution in [0.2, 0.25) is 0 Å². The van der Waals surface area contributed by atoms with Crippen LogP contribution in [0, 0.1) is 5.82 Å². The van der Waals surface area contributed by atoms with E-state index in [1.54, 1.807) is 23.5 Å². The van der Waals surface area contributed by atoms with Crippen molar-refractivity contribution in [2.75, 3.05) is 39.3 Å². The van der Waals surface area contributed by atoms with Crippen molar-refractivity contribution in [1.82, 2.24) is 20.1 Å². The third-order valence-electron chi connectivity index (χ3n) is 3.99. The highest BCUT2D eigenvalue weighted by Crippen LogP contribution is 2.11.